The van der Waals surface area contributed by atoms with E-state index in [1.165, 1.54) is 17.7 Å². The van der Waals surface area contributed by atoms with Crippen LogP contribution in [0.2, 0.25) is 0 Å². The second kappa shape index (κ2) is 5.41. The minimum atomic E-state index is 0.354. The summed E-state index contributed by atoms with van der Waals surface area (Å²) < 4.78 is 5.73. The number of nitrogen functional groups attached to an aromatic ring is 1. The molecule has 1 fully saturated rings. The van der Waals surface area contributed by atoms with E-state index < -0.39 is 0 Å². The molecular weight excluding hydrogens is 212 g/mol. The van der Waals surface area contributed by atoms with Crippen LogP contribution in [-0.4, -0.2) is 25.8 Å². The number of ether oxygens (including phenoxy) is 1. The van der Waals surface area contributed by atoms with Gasteiger partial charge in [-0.3, -0.25) is 0 Å². The number of hydrogen-bond donors (Lipinski definition) is 1. The van der Waals surface area contributed by atoms with Crippen molar-refractivity contribution in [2.24, 2.45) is 0 Å². The van der Waals surface area contributed by atoms with Crippen molar-refractivity contribution in [3.05, 3.63) is 23.8 Å². The fourth-order valence-electron chi connectivity index (χ4n) is 2.63. The molecule has 94 valence electrons. The molecule has 0 spiro atoms. The SMILES string of the molecule is CCOC1CCCN(c2c(C)cccc2N)C1. The van der Waals surface area contributed by atoms with E-state index in [-0.39, 0.29) is 0 Å². The van der Waals surface area contributed by atoms with Gasteiger partial charge in [0, 0.05) is 19.7 Å². The minimum Gasteiger partial charge on any atom is -0.397 e. The molecule has 17 heavy (non-hydrogen) atoms. The maximum Gasteiger partial charge on any atom is 0.0750 e. The second-order valence-corrected chi connectivity index (χ2v) is 4.68. The van der Waals surface area contributed by atoms with Gasteiger partial charge in [-0.2, -0.15) is 0 Å². The highest BCUT2D eigenvalue weighted by Crippen LogP contribution is 2.30. The van der Waals surface area contributed by atoms with Crippen LogP contribution < -0.4 is 10.6 Å². The molecule has 1 atom stereocenters. The van der Waals surface area contributed by atoms with Crippen molar-refractivity contribution in [2.45, 2.75) is 32.8 Å². The molecule has 1 unspecified atom stereocenters. The monoisotopic (exact) mass is 234 g/mol. The maximum absolute atomic E-state index is 6.09. The Hall–Kier alpha value is -1.22. The first kappa shape index (κ1) is 12.2. The molecule has 1 heterocycles. The number of para-hydroxylation sites is 1. The van der Waals surface area contributed by atoms with Crippen molar-refractivity contribution in [3.8, 4) is 0 Å². The Morgan fingerprint density at radius 1 is 1.47 bits per heavy atom. The standard InChI is InChI=1S/C14H22N2O/c1-3-17-12-7-5-9-16(10-12)14-11(2)6-4-8-13(14)15/h4,6,8,12H,3,5,7,9-10,15H2,1-2H3. The van der Waals surface area contributed by atoms with Gasteiger partial charge in [0.2, 0.25) is 0 Å². The highest BCUT2D eigenvalue weighted by Gasteiger charge is 2.22. The molecule has 2 rings (SSSR count). The zero-order valence-corrected chi connectivity index (χ0v) is 10.8. The van der Waals surface area contributed by atoms with Crippen molar-refractivity contribution in [3.63, 3.8) is 0 Å². The van der Waals surface area contributed by atoms with Gasteiger partial charge in [-0.15, -0.1) is 0 Å². The molecule has 0 aromatic heterocycles. The molecule has 0 radical (unpaired) electrons. The number of anilines is 2. The molecule has 1 aliphatic rings. The Labute approximate surface area is 104 Å². The average Bonchev–Trinajstić information content (AvgIpc) is 2.30. The predicted molar refractivity (Wildman–Crippen MR) is 72.5 cm³/mol. The van der Waals surface area contributed by atoms with Crippen LogP contribution >= 0.6 is 0 Å². The lowest BCUT2D eigenvalue weighted by Gasteiger charge is -2.35. The van der Waals surface area contributed by atoms with E-state index in [1.807, 2.05) is 12.1 Å². The third kappa shape index (κ3) is 2.72. The molecule has 0 saturated carbocycles. The summed E-state index contributed by atoms with van der Waals surface area (Å²) in [5.41, 5.74) is 9.41. The number of benzene rings is 1. The van der Waals surface area contributed by atoms with Gasteiger partial charge in [0.15, 0.2) is 0 Å². The topological polar surface area (TPSA) is 38.5 Å². The largest absolute Gasteiger partial charge is 0.397 e. The number of hydrogen-bond acceptors (Lipinski definition) is 3. The number of rotatable bonds is 3. The predicted octanol–water partition coefficient (Wildman–Crippen LogP) is 2.58. The molecule has 1 saturated heterocycles. The van der Waals surface area contributed by atoms with Crippen molar-refractivity contribution in [1.82, 2.24) is 0 Å². The first-order valence-electron chi connectivity index (χ1n) is 6.44. The van der Waals surface area contributed by atoms with Crippen LogP contribution in [-0.2, 0) is 4.74 Å². The van der Waals surface area contributed by atoms with Gasteiger partial charge in [0.05, 0.1) is 17.5 Å². The van der Waals surface area contributed by atoms with Crippen LogP contribution in [0.5, 0.6) is 0 Å². The van der Waals surface area contributed by atoms with Crippen LogP contribution in [0.4, 0.5) is 11.4 Å². The number of aryl methyl sites for hydroxylation is 1. The van der Waals surface area contributed by atoms with Gasteiger partial charge in [-0.25, -0.2) is 0 Å². The molecule has 1 aromatic rings. The van der Waals surface area contributed by atoms with Crippen LogP contribution in [0.25, 0.3) is 0 Å². The number of nitrogens with two attached hydrogens (primary N) is 1. The van der Waals surface area contributed by atoms with E-state index in [1.54, 1.807) is 0 Å². The van der Waals surface area contributed by atoms with Crippen molar-refractivity contribution in [1.29, 1.82) is 0 Å². The minimum absolute atomic E-state index is 0.354. The van der Waals surface area contributed by atoms with E-state index in [4.69, 9.17) is 10.5 Å². The molecule has 3 nitrogen and oxygen atoms in total. The Bertz CT molecular complexity index is 356. The van der Waals surface area contributed by atoms with Crippen LogP contribution in [0.1, 0.15) is 25.3 Å². The first-order valence-corrected chi connectivity index (χ1v) is 6.44. The smallest absolute Gasteiger partial charge is 0.0750 e. The second-order valence-electron chi connectivity index (χ2n) is 4.68. The van der Waals surface area contributed by atoms with Gasteiger partial charge in [-0.1, -0.05) is 12.1 Å². The first-order chi connectivity index (χ1) is 8.22. The summed E-state index contributed by atoms with van der Waals surface area (Å²) in [5.74, 6) is 0. The molecule has 0 amide bonds. The van der Waals surface area contributed by atoms with Crippen molar-refractivity contribution >= 4 is 11.4 Å². The van der Waals surface area contributed by atoms with Crippen molar-refractivity contribution < 1.29 is 4.74 Å². The Morgan fingerprint density at radius 2 is 2.29 bits per heavy atom. The summed E-state index contributed by atoms with van der Waals surface area (Å²) in [5, 5.41) is 0. The normalized spacial score (nSPS) is 20.6. The third-order valence-corrected chi connectivity index (χ3v) is 3.37. The Balaban J connectivity index is 2.16. The molecule has 1 aromatic carbocycles. The summed E-state index contributed by atoms with van der Waals surface area (Å²) in [6.07, 6.45) is 2.70. The van der Waals surface area contributed by atoms with Crippen molar-refractivity contribution in [2.75, 3.05) is 30.3 Å². The van der Waals surface area contributed by atoms with Gasteiger partial charge in [0.25, 0.3) is 0 Å². The lowest BCUT2D eigenvalue weighted by molar-refractivity contribution is 0.0527. The van der Waals surface area contributed by atoms with Gasteiger partial charge in [0.1, 0.15) is 0 Å². The summed E-state index contributed by atoms with van der Waals surface area (Å²) in [7, 11) is 0. The van der Waals surface area contributed by atoms with Gasteiger partial charge < -0.3 is 15.4 Å². The molecule has 1 aliphatic heterocycles. The summed E-state index contributed by atoms with van der Waals surface area (Å²) in [6, 6.07) is 6.11. The number of nitrogens with zero attached hydrogens (tertiary/aromatic N) is 1. The summed E-state index contributed by atoms with van der Waals surface area (Å²) in [6.45, 7) is 7.01. The van der Waals surface area contributed by atoms with E-state index in [9.17, 15) is 0 Å². The molecule has 0 bridgehead atoms. The Kier molecular flexibility index (Phi) is 3.89. The maximum atomic E-state index is 6.09. The van der Waals surface area contributed by atoms with E-state index in [0.717, 1.165) is 31.8 Å². The summed E-state index contributed by atoms with van der Waals surface area (Å²) in [4.78, 5) is 2.37. The molecule has 0 aliphatic carbocycles. The zero-order valence-electron chi connectivity index (χ0n) is 10.8. The highest BCUT2D eigenvalue weighted by molar-refractivity contribution is 5.71. The van der Waals surface area contributed by atoms with Crippen LogP contribution in [0, 0.1) is 6.92 Å². The average molecular weight is 234 g/mol. The molecule has 2 N–H and O–H groups in total. The lowest BCUT2D eigenvalue weighted by atomic mass is 10.0. The molecular formula is C14H22N2O. The highest BCUT2D eigenvalue weighted by atomic mass is 16.5. The number of piperidine rings is 1. The van der Waals surface area contributed by atoms with Gasteiger partial charge >= 0.3 is 0 Å². The fraction of sp³-hybridized carbons (Fsp3) is 0.571. The zero-order chi connectivity index (χ0) is 12.3. The van der Waals surface area contributed by atoms with E-state index >= 15 is 0 Å². The lowest BCUT2D eigenvalue weighted by Crippen LogP contribution is -2.40. The van der Waals surface area contributed by atoms with E-state index in [0.29, 0.717) is 6.10 Å². The Morgan fingerprint density at radius 3 is 3.00 bits per heavy atom. The van der Waals surface area contributed by atoms with Crippen LogP contribution in [0.15, 0.2) is 18.2 Å². The van der Waals surface area contributed by atoms with E-state index in [2.05, 4.69) is 24.8 Å². The summed E-state index contributed by atoms with van der Waals surface area (Å²) >= 11 is 0. The van der Waals surface area contributed by atoms with Gasteiger partial charge in [-0.05, 0) is 38.3 Å². The van der Waals surface area contributed by atoms with Crippen LogP contribution in [0.3, 0.4) is 0 Å². The fourth-order valence-corrected chi connectivity index (χ4v) is 2.63. The quantitative estimate of drug-likeness (QED) is 0.817. The third-order valence-electron chi connectivity index (χ3n) is 3.37. The molecule has 3 heteroatoms.